The van der Waals surface area contributed by atoms with Crippen molar-refractivity contribution in [2.24, 2.45) is 0 Å². The van der Waals surface area contributed by atoms with E-state index in [0.29, 0.717) is 36.4 Å². The van der Waals surface area contributed by atoms with E-state index in [2.05, 4.69) is 20.9 Å². The second-order valence-electron chi connectivity index (χ2n) is 3.85. The molecule has 0 saturated carbocycles. The molecule has 2 heterocycles. The van der Waals surface area contributed by atoms with E-state index in [0.717, 1.165) is 0 Å². The van der Waals surface area contributed by atoms with Crippen LogP contribution in [0.3, 0.4) is 0 Å². The molecule has 86 valence electrons. The molecule has 0 bridgehead atoms. The Bertz CT molecular complexity index is 402. The highest BCUT2D eigenvalue weighted by Crippen LogP contribution is 2.34. The van der Waals surface area contributed by atoms with E-state index in [4.69, 9.17) is 4.74 Å². The van der Waals surface area contributed by atoms with Crippen LogP contribution in [0.2, 0.25) is 0 Å². The summed E-state index contributed by atoms with van der Waals surface area (Å²) in [6, 6.07) is 5.37. The van der Waals surface area contributed by atoms with Gasteiger partial charge in [-0.05, 0) is 40.9 Å². The molecule has 4 nitrogen and oxygen atoms in total. The molecule has 1 aromatic rings. The molecule has 1 aliphatic heterocycles. The Hall–Kier alpha value is -0.940. The zero-order chi connectivity index (χ0) is 11.6. The third kappa shape index (κ3) is 1.97. The highest BCUT2D eigenvalue weighted by atomic mass is 79.9. The first-order valence-corrected chi connectivity index (χ1v) is 5.89. The van der Waals surface area contributed by atoms with Crippen molar-refractivity contribution in [2.75, 3.05) is 13.2 Å². The number of rotatable bonds is 2. The summed E-state index contributed by atoms with van der Waals surface area (Å²) in [7, 11) is 0. The lowest BCUT2D eigenvalue weighted by Gasteiger charge is -2.32. The monoisotopic (exact) mass is 285 g/mol. The van der Waals surface area contributed by atoms with Crippen LogP contribution in [0.25, 0.3) is 0 Å². The van der Waals surface area contributed by atoms with E-state index in [-0.39, 0.29) is 0 Å². The fourth-order valence-corrected chi connectivity index (χ4v) is 2.32. The minimum Gasteiger partial charge on any atom is -0.481 e. The van der Waals surface area contributed by atoms with Crippen molar-refractivity contribution in [3.8, 4) is 0 Å². The van der Waals surface area contributed by atoms with Crippen LogP contribution in [0.1, 0.15) is 18.5 Å². The summed E-state index contributed by atoms with van der Waals surface area (Å²) in [4.78, 5) is 15.7. The largest absolute Gasteiger partial charge is 0.481 e. The highest BCUT2D eigenvalue weighted by molar-refractivity contribution is 9.10. The smallest absolute Gasteiger partial charge is 0.315 e. The van der Waals surface area contributed by atoms with Crippen LogP contribution in [0, 0.1) is 0 Å². The van der Waals surface area contributed by atoms with Crippen LogP contribution in [0.5, 0.6) is 0 Å². The fourth-order valence-electron chi connectivity index (χ4n) is 1.97. The molecule has 5 heteroatoms. The number of aromatic nitrogens is 1. The highest BCUT2D eigenvalue weighted by Gasteiger charge is 2.43. The molecule has 0 radical (unpaired) electrons. The summed E-state index contributed by atoms with van der Waals surface area (Å²) >= 11 is 3.27. The molecule has 0 aromatic carbocycles. The number of aliphatic carboxylic acids is 1. The quantitative estimate of drug-likeness (QED) is 0.844. The van der Waals surface area contributed by atoms with Gasteiger partial charge in [0.1, 0.15) is 10.0 Å². The number of pyridine rings is 1. The summed E-state index contributed by atoms with van der Waals surface area (Å²) < 4.78 is 5.89. The number of hydrogen-bond acceptors (Lipinski definition) is 3. The summed E-state index contributed by atoms with van der Waals surface area (Å²) in [5, 5.41) is 9.42. The molecule has 2 rings (SSSR count). The Balaban J connectivity index is 2.42. The molecule has 0 aliphatic carbocycles. The lowest BCUT2D eigenvalue weighted by Crippen LogP contribution is -2.42. The van der Waals surface area contributed by atoms with E-state index < -0.39 is 11.4 Å². The summed E-state index contributed by atoms with van der Waals surface area (Å²) in [6.07, 6.45) is 0.956. The second kappa shape index (κ2) is 4.51. The first-order valence-electron chi connectivity index (χ1n) is 5.09. The SMILES string of the molecule is O=C(O)C1(c2cccc(Br)n2)CCOCC1. The van der Waals surface area contributed by atoms with Gasteiger partial charge in [0.25, 0.3) is 0 Å². The molecule has 0 amide bonds. The predicted molar refractivity (Wildman–Crippen MR) is 61.3 cm³/mol. The number of hydrogen-bond donors (Lipinski definition) is 1. The van der Waals surface area contributed by atoms with Gasteiger partial charge in [0.2, 0.25) is 0 Å². The summed E-state index contributed by atoms with van der Waals surface area (Å²) in [5.74, 6) is -0.818. The van der Waals surface area contributed by atoms with Crippen molar-refractivity contribution < 1.29 is 14.6 Å². The maximum atomic E-state index is 11.5. The fraction of sp³-hybridized carbons (Fsp3) is 0.455. The third-order valence-corrected chi connectivity index (χ3v) is 3.40. The van der Waals surface area contributed by atoms with Crippen molar-refractivity contribution in [3.05, 3.63) is 28.5 Å². The average molecular weight is 286 g/mol. The Morgan fingerprint density at radius 2 is 2.12 bits per heavy atom. The zero-order valence-corrected chi connectivity index (χ0v) is 10.2. The van der Waals surface area contributed by atoms with E-state index in [1.165, 1.54) is 0 Å². The van der Waals surface area contributed by atoms with E-state index >= 15 is 0 Å². The first kappa shape index (κ1) is 11.5. The van der Waals surface area contributed by atoms with Crippen molar-refractivity contribution in [2.45, 2.75) is 18.3 Å². The first-order chi connectivity index (χ1) is 7.65. The molecule has 16 heavy (non-hydrogen) atoms. The second-order valence-corrected chi connectivity index (χ2v) is 4.66. The van der Waals surface area contributed by atoms with Gasteiger partial charge in [-0.1, -0.05) is 6.07 Å². The molecule has 1 aliphatic rings. The van der Waals surface area contributed by atoms with Crippen molar-refractivity contribution >= 4 is 21.9 Å². The lowest BCUT2D eigenvalue weighted by molar-refractivity contribution is -0.148. The van der Waals surface area contributed by atoms with E-state index in [1.807, 2.05) is 6.07 Å². The van der Waals surface area contributed by atoms with Gasteiger partial charge < -0.3 is 9.84 Å². The third-order valence-electron chi connectivity index (χ3n) is 2.96. The lowest BCUT2D eigenvalue weighted by atomic mass is 9.77. The molecule has 1 fully saturated rings. The van der Waals surface area contributed by atoms with Gasteiger partial charge in [0, 0.05) is 13.2 Å². The molecular weight excluding hydrogens is 274 g/mol. The molecule has 0 unspecified atom stereocenters. The van der Waals surface area contributed by atoms with E-state index in [1.54, 1.807) is 12.1 Å². The van der Waals surface area contributed by atoms with Crippen molar-refractivity contribution in [1.82, 2.24) is 4.98 Å². The van der Waals surface area contributed by atoms with Gasteiger partial charge in [0.05, 0.1) is 5.69 Å². The molecule has 0 atom stereocenters. The number of carboxylic acid groups (broad SMARTS) is 1. The van der Waals surface area contributed by atoms with Crippen molar-refractivity contribution in [1.29, 1.82) is 0 Å². The zero-order valence-electron chi connectivity index (χ0n) is 8.65. The predicted octanol–water partition coefficient (Wildman–Crippen LogP) is 1.98. The van der Waals surface area contributed by atoms with Crippen LogP contribution in [0.4, 0.5) is 0 Å². The molecule has 1 aromatic heterocycles. The van der Waals surface area contributed by atoms with Crippen LogP contribution in [-0.4, -0.2) is 29.3 Å². The Labute approximate surface area is 102 Å². The van der Waals surface area contributed by atoms with Gasteiger partial charge in [-0.2, -0.15) is 0 Å². The molecular formula is C11H12BrNO3. The Morgan fingerprint density at radius 3 is 2.69 bits per heavy atom. The number of carboxylic acids is 1. The number of nitrogens with zero attached hydrogens (tertiary/aromatic N) is 1. The van der Waals surface area contributed by atoms with Gasteiger partial charge in [-0.3, -0.25) is 4.79 Å². The summed E-state index contributed by atoms with van der Waals surface area (Å²) in [6.45, 7) is 0.945. The van der Waals surface area contributed by atoms with Gasteiger partial charge >= 0.3 is 5.97 Å². The Kier molecular flexibility index (Phi) is 3.25. The van der Waals surface area contributed by atoms with E-state index in [9.17, 15) is 9.90 Å². The maximum absolute atomic E-state index is 11.5. The molecule has 1 N–H and O–H groups in total. The van der Waals surface area contributed by atoms with Crippen LogP contribution in [-0.2, 0) is 14.9 Å². The average Bonchev–Trinajstić information content (AvgIpc) is 2.30. The maximum Gasteiger partial charge on any atom is 0.315 e. The molecule has 0 spiro atoms. The van der Waals surface area contributed by atoms with Crippen LogP contribution >= 0.6 is 15.9 Å². The van der Waals surface area contributed by atoms with Gasteiger partial charge in [-0.15, -0.1) is 0 Å². The van der Waals surface area contributed by atoms with Gasteiger partial charge in [-0.25, -0.2) is 4.98 Å². The number of carbonyl (C=O) groups is 1. The standard InChI is InChI=1S/C11H12BrNO3/c12-9-3-1-2-8(13-9)11(10(14)15)4-6-16-7-5-11/h1-3H,4-7H2,(H,14,15). The Morgan fingerprint density at radius 1 is 1.44 bits per heavy atom. The normalized spacial score (nSPS) is 19.3. The topological polar surface area (TPSA) is 59.4 Å². The van der Waals surface area contributed by atoms with Crippen LogP contribution < -0.4 is 0 Å². The molecule has 1 saturated heterocycles. The number of ether oxygens (including phenoxy) is 1. The van der Waals surface area contributed by atoms with Crippen molar-refractivity contribution in [3.63, 3.8) is 0 Å². The minimum atomic E-state index is -0.887. The summed E-state index contributed by atoms with van der Waals surface area (Å²) in [5.41, 5.74) is -0.278. The number of halogens is 1. The van der Waals surface area contributed by atoms with Gasteiger partial charge in [0.15, 0.2) is 0 Å². The minimum absolute atomic E-state index is 0.473. The van der Waals surface area contributed by atoms with Crippen LogP contribution in [0.15, 0.2) is 22.8 Å².